The number of sulfonamides is 1. The molecular weight excluding hydrogens is 414 g/mol. The Bertz CT molecular complexity index is 1260. The van der Waals surface area contributed by atoms with Crippen LogP contribution in [0.1, 0.15) is 30.2 Å². The number of aromatic nitrogens is 2. The SMILES string of the molecule is Cn1cncc1C1(C)NCCCNS(=O)(=O)c2cccc(c2)Oc2cc1ccc2C#N. The van der Waals surface area contributed by atoms with Gasteiger partial charge in [-0.1, -0.05) is 12.1 Å². The number of hydrogen-bond acceptors (Lipinski definition) is 6. The molecular formula is C22H23N5O3S. The van der Waals surface area contributed by atoms with Gasteiger partial charge >= 0.3 is 0 Å². The quantitative estimate of drug-likeness (QED) is 0.606. The lowest BCUT2D eigenvalue weighted by Gasteiger charge is -2.32. The maximum atomic E-state index is 12.6. The van der Waals surface area contributed by atoms with Gasteiger partial charge in [-0.2, -0.15) is 5.26 Å². The normalized spacial score (nSPS) is 20.8. The van der Waals surface area contributed by atoms with Crippen LogP contribution in [0.4, 0.5) is 0 Å². The lowest BCUT2D eigenvalue weighted by atomic mass is 9.87. The molecule has 1 atom stereocenters. The van der Waals surface area contributed by atoms with Crippen molar-refractivity contribution in [3.63, 3.8) is 0 Å². The van der Waals surface area contributed by atoms with Crippen LogP contribution in [0.2, 0.25) is 0 Å². The third-order valence-electron chi connectivity index (χ3n) is 5.48. The highest BCUT2D eigenvalue weighted by atomic mass is 32.2. The maximum Gasteiger partial charge on any atom is 0.240 e. The van der Waals surface area contributed by atoms with Gasteiger partial charge in [-0.05, 0) is 49.7 Å². The molecule has 0 fully saturated rings. The van der Waals surface area contributed by atoms with Gasteiger partial charge in [0.05, 0.1) is 34.2 Å². The summed E-state index contributed by atoms with van der Waals surface area (Å²) in [4.78, 5) is 4.37. The van der Waals surface area contributed by atoms with E-state index in [4.69, 9.17) is 4.74 Å². The van der Waals surface area contributed by atoms with Crippen molar-refractivity contribution < 1.29 is 13.2 Å². The number of imidazole rings is 1. The van der Waals surface area contributed by atoms with Gasteiger partial charge < -0.3 is 14.6 Å². The topological polar surface area (TPSA) is 109 Å². The molecule has 0 saturated heterocycles. The van der Waals surface area contributed by atoms with Crippen LogP contribution in [0.5, 0.6) is 11.5 Å². The molecule has 0 amide bonds. The second-order valence-corrected chi connectivity index (χ2v) is 9.36. The Hall–Kier alpha value is -3.19. The van der Waals surface area contributed by atoms with Crippen LogP contribution in [0, 0.1) is 11.3 Å². The third-order valence-corrected chi connectivity index (χ3v) is 6.93. The summed E-state index contributed by atoms with van der Waals surface area (Å²) in [5.74, 6) is 0.693. The molecule has 9 heteroatoms. The largest absolute Gasteiger partial charge is 0.456 e. The summed E-state index contributed by atoms with van der Waals surface area (Å²) in [5.41, 5.74) is 1.55. The zero-order chi connectivity index (χ0) is 22.1. The molecule has 0 radical (unpaired) electrons. The van der Waals surface area contributed by atoms with E-state index in [2.05, 4.69) is 21.1 Å². The van der Waals surface area contributed by atoms with E-state index in [0.29, 0.717) is 36.6 Å². The molecule has 1 aliphatic heterocycles. The zero-order valence-corrected chi connectivity index (χ0v) is 18.1. The minimum Gasteiger partial charge on any atom is -0.456 e. The van der Waals surface area contributed by atoms with Crippen molar-refractivity contribution >= 4 is 10.0 Å². The molecule has 1 unspecified atom stereocenters. The van der Waals surface area contributed by atoms with Gasteiger partial charge in [-0.15, -0.1) is 0 Å². The van der Waals surface area contributed by atoms with E-state index < -0.39 is 15.6 Å². The number of fused-ring (bicyclic) bond motifs is 4. The van der Waals surface area contributed by atoms with Crippen LogP contribution in [-0.4, -0.2) is 31.1 Å². The first kappa shape index (κ1) is 21.1. The van der Waals surface area contributed by atoms with E-state index in [1.165, 1.54) is 12.1 Å². The fourth-order valence-corrected chi connectivity index (χ4v) is 4.85. The fraction of sp³-hybridized carbons (Fsp3) is 0.273. The standard InChI is InChI=1S/C22H23N5O3S/c1-22(21-14-24-15-27(21)2)17-8-7-16(13-23)20(11-17)30-18-5-3-6-19(12-18)31(28,29)26-10-4-9-25-22/h3,5-8,11-12,14-15,25-26H,4,9-10H2,1-2H3. The first-order valence-electron chi connectivity index (χ1n) is 9.87. The Morgan fingerprint density at radius 2 is 2.06 bits per heavy atom. The molecule has 2 N–H and O–H groups in total. The molecule has 3 aromatic rings. The number of benzene rings is 2. The summed E-state index contributed by atoms with van der Waals surface area (Å²) in [6, 6.07) is 13.8. The second-order valence-electron chi connectivity index (χ2n) is 7.59. The predicted molar refractivity (Wildman–Crippen MR) is 115 cm³/mol. The first-order chi connectivity index (χ1) is 14.8. The van der Waals surface area contributed by atoms with Gasteiger partial charge in [0, 0.05) is 19.7 Å². The van der Waals surface area contributed by atoms with E-state index in [1.54, 1.807) is 30.7 Å². The summed E-state index contributed by atoms with van der Waals surface area (Å²) >= 11 is 0. The van der Waals surface area contributed by atoms with Gasteiger partial charge in [0.2, 0.25) is 10.0 Å². The molecule has 31 heavy (non-hydrogen) atoms. The number of ether oxygens (including phenoxy) is 1. The number of rotatable bonds is 1. The number of nitrogens with one attached hydrogen (secondary N) is 2. The van der Waals surface area contributed by atoms with Crippen molar-refractivity contribution in [2.45, 2.75) is 23.8 Å². The molecule has 8 nitrogen and oxygen atoms in total. The van der Waals surface area contributed by atoms with E-state index in [9.17, 15) is 13.7 Å². The average Bonchev–Trinajstić information content (AvgIpc) is 3.19. The highest BCUT2D eigenvalue weighted by Crippen LogP contribution is 2.35. The molecule has 0 spiro atoms. The Morgan fingerprint density at radius 1 is 1.23 bits per heavy atom. The van der Waals surface area contributed by atoms with E-state index in [0.717, 1.165) is 11.3 Å². The van der Waals surface area contributed by atoms with Crippen molar-refractivity contribution in [1.82, 2.24) is 19.6 Å². The Kier molecular flexibility index (Phi) is 5.54. The van der Waals surface area contributed by atoms with Crippen molar-refractivity contribution in [2.24, 2.45) is 7.05 Å². The summed E-state index contributed by atoms with van der Waals surface area (Å²) < 4.78 is 35.8. The summed E-state index contributed by atoms with van der Waals surface area (Å²) in [5, 5.41) is 13.1. The van der Waals surface area contributed by atoms with Crippen LogP contribution in [0.3, 0.4) is 0 Å². The van der Waals surface area contributed by atoms with Gasteiger partial charge in [0.25, 0.3) is 0 Å². The smallest absolute Gasteiger partial charge is 0.240 e. The molecule has 1 aliphatic rings. The lowest BCUT2D eigenvalue weighted by Crippen LogP contribution is -2.43. The molecule has 2 heterocycles. The first-order valence-corrected chi connectivity index (χ1v) is 11.4. The summed E-state index contributed by atoms with van der Waals surface area (Å²) in [7, 11) is -1.75. The Labute approximate surface area is 181 Å². The number of hydrogen-bond donors (Lipinski definition) is 2. The average molecular weight is 438 g/mol. The third kappa shape index (κ3) is 4.05. The molecule has 2 aromatic carbocycles. The van der Waals surface area contributed by atoms with Crippen LogP contribution in [0.25, 0.3) is 0 Å². The van der Waals surface area contributed by atoms with Gasteiger partial charge in [0.15, 0.2) is 0 Å². The Balaban J connectivity index is 1.88. The second kappa shape index (κ2) is 8.15. The van der Waals surface area contributed by atoms with Crippen LogP contribution >= 0.6 is 0 Å². The van der Waals surface area contributed by atoms with Gasteiger partial charge in [-0.25, -0.2) is 18.1 Å². The highest BCUT2D eigenvalue weighted by molar-refractivity contribution is 7.89. The molecule has 0 saturated carbocycles. The molecule has 4 rings (SSSR count). The lowest BCUT2D eigenvalue weighted by molar-refractivity contribution is 0.407. The monoisotopic (exact) mass is 437 g/mol. The van der Waals surface area contributed by atoms with Gasteiger partial charge in [-0.3, -0.25) is 0 Å². The molecule has 0 aliphatic carbocycles. The van der Waals surface area contributed by atoms with Crippen molar-refractivity contribution in [2.75, 3.05) is 13.1 Å². The van der Waals surface area contributed by atoms with Crippen LogP contribution in [0.15, 0.2) is 59.9 Å². The summed E-state index contributed by atoms with van der Waals surface area (Å²) in [6.07, 6.45) is 4.11. The zero-order valence-electron chi connectivity index (χ0n) is 17.3. The highest BCUT2D eigenvalue weighted by Gasteiger charge is 2.32. The predicted octanol–water partition coefficient (Wildman–Crippen LogP) is 2.62. The van der Waals surface area contributed by atoms with Gasteiger partial charge in [0.1, 0.15) is 17.6 Å². The van der Waals surface area contributed by atoms with E-state index in [1.807, 2.05) is 30.7 Å². The molecule has 1 aromatic heterocycles. The Morgan fingerprint density at radius 3 is 2.81 bits per heavy atom. The van der Waals surface area contributed by atoms with E-state index in [-0.39, 0.29) is 4.90 Å². The van der Waals surface area contributed by atoms with Crippen LogP contribution < -0.4 is 14.8 Å². The van der Waals surface area contributed by atoms with Crippen molar-refractivity contribution in [3.8, 4) is 17.6 Å². The fourth-order valence-electron chi connectivity index (χ4n) is 3.74. The van der Waals surface area contributed by atoms with E-state index >= 15 is 0 Å². The van der Waals surface area contributed by atoms with Crippen LogP contribution in [-0.2, 0) is 22.6 Å². The van der Waals surface area contributed by atoms with Crippen molar-refractivity contribution in [3.05, 3.63) is 71.8 Å². The number of aryl methyl sites for hydroxylation is 1. The number of nitriles is 1. The minimum atomic E-state index is -3.67. The number of nitrogens with zero attached hydrogens (tertiary/aromatic N) is 3. The minimum absolute atomic E-state index is 0.115. The molecule has 160 valence electrons. The summed E-state index contributed by atoms with van der Waals surface area (Å²) in [6.45, 7) is 2.88. The molecule has 4 bridgehead atoms. The maximum absolute atomic E-state index is 12.6. The van der Waals surface area contributed by atoms with Crippen molar-refractivity contribution in [1.29, 1.82) is 5.26 Å².